The smallest absolute Gasteiger partial charge is 0.267 e. The zero-order chi connectivity index (χ0) is 16.7. The second-order valence-electron chi connectivity index (χ2n) is 5.05. The Kier molecular flexibility index (Phi) is 3.69. The van der Waals surface area contributed by atoms with Crippen LogP contribution in [0.5, 0.6) is 0 Å². The summed E-state index contributed by atoms with van der Waals surface area (Å²) in [5.74, 6) is 0.523. The number of halogens is 1. The lowest BCUT2D eigenvalue weighted by atomic mass is 10.2. The topological polar surface area (TPSA) is 90.9 Å². The number of aromatic nitrogens is 7. The van der Waals surface area contributed by atoms with Crippen LogP contribution in [-0.4, -0.2) is 34.8 Å². The minimum Gasteiger partial charge on any atom is -0.267 e. The first kappa shape index (κ1) is 15.1. The third kappa shape index (κ3) is 2.74. The maximum absolute atomic E-state index is 11.9. The van der Waals surface area contributed by atoms with Gasteiger partial charge in [-0.1, -0.05) is 39.4 Å². The normalized spacial score (nSPS) is 11.2. The molecule has 3 aromatic heterocycles. The van der Waals surface area contributed by atoms with Gasteiger partial charge in [-0.2, -0.15) is 14.4 Å². The van der Waals surface area contributed by atoms with Crippen molar-refractivity contribution in [3.05, 3.63) is 55.9 Å². The van der Waals surface area contributed by atoms with E-state index in [-0.39, 0.29) is 5.56 Å². The SMILES string of the molecule is Cc1cc(=O)n2nc(Cn3nnc(-c4ccccc4Br)n3)sc2n1. The van der Waals surface area contributed by atoms with E-state index >= 15 is 0 Å². The van der Waals surface area contributed by atoms with Crippen LogP contribution in [0.1, 0.15) is 10.7 Å². The van der Waals surface area contributed by atoms with Crippen molar-refractivity contribution in [1.82, 2.24) is 34.8 Å². The highest BCUT2D eigenvalue weighted by atomic mass is 79.9. The van der Waals surface area contributed by atoms with Crippen molar-refractivity contribution in [2.45, 2.75) is 13.5 Å². The molecule has 0 amide bonds. The van der Waals surface area contributed by atoms with Crippen LogP contribution in [0.3, 0.4) is 0 Å². The first-order valence-corrected chi connectivity index (χ1v) is 8.60. The lowest BCUT2D eigenvalue weighted by molar-refractivity contribution is 0.566. The van der Waals surface area contributed by atoms with E-state index in [1.807, 2.05) is 24.3 Å². The van der Waals surface area contributed by atoms with E-state index in [1.165, 1.54) is 26.7 Å². The molecule has 0 aliphatic heterocycles. The fourth-order valence-corrected chi connectivity index (χ4v) is 3.59. The average molecular weight is 404 g/mol. The fourth-order valence-electron chi connectivity index (χ4n) is 2.21. The Morgan fingerprint density at radius 1 is 1.25 bits per heavy atom. The third-order valence-corrected chi connectivity index (χ3v) is 4.84. The highest BCUT2D eigenvalue weighted by molar-refractivity contribution is 9.10. The first-order chi connectivity index (χ1) is 11.6. The molecular formula is C14H10BrN7OS. The van der Waals surface area contributed by atoms with E-state index < -0.39 is 0 Å². The summed E-state index contributed by atoms with van der Waals surface area (Å²) in [6.07, 6.45) is 0. The molecule has 0 saturated heterocycles. The molecule has 0 spiro atoms. The highest BCUT2D eigenvalue weighted by Crippen LogP contribution is 2.24. The van der Waals surface area contributed by atoms with Crippen molar-refractivity contribution in [3.8, 4) is 11.4 Å². The van der Waals surface area contributed by atoms with E-state index in [0.717, 1.165) is 10.0 Å². The molecule has 1 aromatic carbocycles. The van der Waals surface area contributed by atoms with Crippen LogP contribution in [0.2, 0.25) is 0 Å². The molecule has 0 N–H and O–H groups in total. The summed E-state index contributed by atoms with van der Waals surface area (Å²) in [5.41, 5.74) is 1.34. The van der Waals surface area contributed by atoms with Crippen LogP contribution in [0, 0.1) is 6.92 Å². The van der Waals surface area contributed by atoms with E-state index in [2.05, 4.69) is 41.4 Å². The lowest BCUT2D eigenvalue weighted by Crippen LogP contribution is -2.14. The average Bonchev–Trinajstić information content (AvgIpc) is 3.15. The molecule has 3 heterocycles. The molecule has 4 rings (SSSR count). The van der Waals surface area contributed by atoms with Crippen molar-refractivity contribution in [2.24, 2.45) is 0 Å². The summed E-state index contributed by atoms with van der Waals surface area (Å²) >= 11 is 4.80. The van der Waals surface area contributed by atoms with Crippen LogP contribution in [0.15, 0.2) is 39.6 Å². The van der Waals surface area contributed by atoms with Gasteiger partial charge in [0.2, 0.25) is 10.8 Å². The monoisotopic (exact) mass is 403 g/mol. The molecule has 0 bridgehead atoms. The predicted molar refractivity (Wildman–Crippen MR) is 91.9 cm³/mol. The standard InChI is InChI=1S/C14H10BrN7OS/c1-8-6-12(23)22-14(16-8)24-11(18-22)7-21-19-13(17-20-21)9-4-2-3-5-10(9)15/h2-6H,7H2,1H3. The van der Waals surface area contributed by atoms with Gasteiger partial charge in [-0.05, 0) is 24.3 Å². The summed E-state index contributed by atoms with van der Waals surface area (Å²) in [6, 6.07) is 9.12. The molecule has 4 aromatic rings. The van der Waals surface area contributed by atoms with E-state index in [9.17, 15) is 4.79 Å². The van der Waals surface area contributed by atoms with Crippen LogP contribution in [-0.2, 0) is 6.54 Å². The van der Waals surface area contributed by atoms with E-state index in [4.69, 9.17) is 0 Å². The molecule has 0 atom stereocenters. The zero-order valence-corrected chi connectivity index (χ0v) is 14.8. The van der Waals surface area contributed by atoms with Gasteiger partial charge in [-0.3, -0.25) is 4.79 Å². The van der Waals surface area contributed by atoms with Crippen molar-refractivity contribution in [3.63, 3.8) is 0 Å². The van der Waals surface area contributed by atoms with Gasteiger partial charge in [-0.25, -0.2) is 4.98 Å². The minimum absolute atomic E-state index is 0.194. The highest BCUT2D eigenvalue weighted by Gasteiger charge is 2.12. The quantitative estimate of drug-likeness (QED) is 0.518. The number of hydrogen-bond donors (Lipinski definition) is 0. The van der Waals surface area contributed by atoms with Crippen molar-refractivity contribution in [1.29, 1.82) is 0 Å². The number of tetrazole rings is 1. The Hall–Kier alpha value is -2.46. The molecule has 8 nitrogen and oxygen atoms in total. The molecule has 0 unspecified atom stereocenters. The molecular weight excluding hydrogens is 394 g/mol. The minimum atomic E-state index is -0.194. The van der Waals surface area contributed by atoms with Gasteiger partial charge in [0.1, 0.15) is 11.6 Å². The summed E-state index contributed by atoms with van der Waals surface area (Å²) in [6.45, 7) is 2.10. The van der Waals surface area contributed by atoms with Crippen LogP contribution < -0.4 is 5.56 Å². The molecule has 0 fully saturated rings. The first-order valence-electron chi connectivity index (χ1n) is 6.99. The number of nitrogens with zero attached hydrogens (tertiary/aromatic N) is 7. The van der Waals surface area contributed by atoms with Gasteiger partial charge < -0.3 is 0 Å². The van der Waals surface area contributed by atoms with Crippen molar-refractivity contribution < 1.29 is 0 Å². The van der Waals surface area contributed by atoms with Gasteiger partial charge in [0, 0.05) is 21.8 Å². The molecule has 0 aliphatic carbocycles. The maximum atomic E-state index is 11.9. The van der Waals surface area contributed by atoms with Crippen LogP contribution in [0.25, 0.3) is 16.3 Å². The van der Waals surface area contributed by atoms with Gasteiger partial charge in [0.25, 0.3) is 5.56 Å². The van der Waals surface area contributed by atoms with Gasteiger partial charge >= 0.3 is 0 Å². The second-order valence-corrected chi connectivity index (χ2v) is 6.94. The second kappa shape index (κ2) is 5.87. The number of rotatable bonds is 3. The molecule has 0 aliphatic rings. The van der Waals surface area contributed by atoms with E-state index in [1.54, 1.807) is 6.92 Å². The van der Waals surface area contributed by atoms with Gasteiger partial charge in [0.15, 0.2) is 0 Å². The van der Waals surface area contributed by atoms with E-state index in [0.29, 0.717) is 28.0 Å². The lowest BCUT2D eigenvalue weighted by Gasteiger charge is -1.97. The Bertz CT molecular complexity index is 1100. The Morgan fingerprint density at radius 3 is 2.92 bits per heavy atom. The van der Waals surface area contributed by atoms with Crippen molar-refractivity contribution >= 4 is 32.2 Å². The number of hydrogen-bond acceptors (Lipinski definition) is 7. The summed E-state index contributed by atoms with van der Waals surface area (Å²) in [4.78, 5) is 18.2. The Labute approximate surface area is 147 Å². The summed E-state index contributed by atoms with van der Waals surface area (Å²) < 4.78 is 2.19. The summed E-state index contributed by atoms with van der Waals surface area (Å²) in [5, 5.41) is 17.4. The predicted octanol–water partition coefficient (Wildman–Crippen LogP) is 1.92. The van der Waals surface area contributed by atoms with Gasteiger partial charge in [0.05, 0.1) is 0 Å². The molecule has 0 radical (unpaired) electrons. The third-order valence-electron chi connectivity index (χ3n) is 3.26. The number of benzene rings is 1. The fraction of sp³-hybridized carbons (Fsp3) is 0.143. The molecule has 120 valence electrons. The Balaban J connectivity index is 1.66. The molecule has 24 heavy (non-hydrogen) atoms. The summed E-state index contributed by atoms with van der Waals surface area (Å²) in [7, 11) is 0. The Morgan fingerprint density at radius 2 is 2.08 bits per heavy atom. The number of aryl methyl sites for hydroxylation is 1. The zero-order valence-electron chi connectivity index (χ0n) is 12.4. The number of fused-ring (bicyclic) bond motifs is 1. The molecule has 10 heteroatoms. The van der Waals surface area contributed by atoms with Crippen LogP contribution in [0.4, 0.5) is 0 Å². The van der Waals surface area contributed by atoms with Crippen LogP contribution >= 0.6 is 27.3 Å². The largest absolute Gasteiger partial charge is 0.275 e. The van der Waals surface area contributed by atoms with Crippen molar-refractivity contribution in [2.75, 3.05) is 0 Å². The van der Waals surface area contributed by atoms with Gasteiger partial charge in [-0.15, -0.1) is 10.2 Å². The maximum Gasteiger partial charge on any atom is 0.275 e. The molecule has 0 saturated carbocycles.